The predicted octanol–water partition coefficient (Wildman–Crippen LogP) is -3.40. The van der Waals surface area contributed by atoms with Gasteiger partial charge in [0.1, 0.15) is 30.2 Å². The number of primary amides is 1. The van der Waals surface area contributed by atoms with Crippen LogP contribution in [-0.4, -0.2) is 72.8 Å². The zero-order valence-corrected chi connectivity index (χ0v) is 12.8. The minimum atomic E-state index is -1.46. The Kier molecular flexibility index (Phi) is 5.69. The van der Waals surface area contributed by atoms with Crippen LogP contribution in [0.25, 0.3) is 0 Å². The van der Waals surface area contributed by atoms with Gasteiger partial charge in [0, 0.05) is 6.20 Å². The van der Waals surface area contributed by atoms with Crippen molar-refractivity contribution in [3.05, 3.63) is 22.7 Å². The minimum absolute atomic E-state index is 0.0990. The standard InChI is InChI=1S/C13H18N4O8/c14-11(23)5(3-8(19)20)15-7-1-2-17(13(24)16-7)12-10(22)9(21)6(4-18)25-12/h1-2,5-6,9-10,12,18,21-22H,3-4H2,(H2,14,23)(H,19,20)(H,15,16,24)/t5-,6?,9?,10?,12?/m0/s1. The van der Waals surface area contributed by atoms with Gasteiger partial charge in [-0.3, -0.25) is 14.2 Å². The molecule has 2 heterocycles. The SMILES string of the molecule is NC(=O)[C@H](CC(=O)O)Nc1ccn(C2OC(CO)C(O)C2O)c(=O)n1. The largest absolute Gasteiger partial charge is 0.481 e. The average molecular weight is 358 g/mol. The number of nitrogens with two attached hydrogens (primary N) is 1. The van der Waals surface area contributed by atoms with Crippen LogP contribution in [0.15, 0.2) is 17.1 Å². The molecule has 7 N–H and O–H groups in total. The summed E-state index contributed by atoms with van der Waals surface area (Å²) in [7, 11) is 0. The molecule has 1 amide bonds. The van der Waals surface area contributed by atoms with E-state index in [1.807, 2.05) is 0 Å². The Morgan fingerprint density at radius 2 is 2.08 bits per heavy atom. The molecule has 25 heavy (non-hydrogen) atoms. The van der Waals surface area contributed by atoms with E-state index in [1.54, 1.807) is 0 Å². The molecule has 4 unspecified atom stereocenters. The van der Waals surface area contributed by atoms with E-state index in [9.17, 15) is 24.6 Å². The van der Waals surface area contributed by atoms with Gasteiger partial charge in [0.15, 0.2) is 6.23 Å². The van der Waals surface area contributed by atoms with Crippen molar-refractivity contribution in [3.63, 3.8) is 0 Å². The number of anilines is 1. The molecular weight excluding hydrogens is 340 g/mol. The highest BCUT2D eigenvalue weighted by Crippen LogP contribution is 2.28. The molecular formula is C13H18N4O8. The van der Waals surface area contributed by atoms with Gasteiger partial charge >= 0.3 is 11.7 Å². The highest BCUT2D eigenvalue weighted by molar-refractivity contribution is 5.87. The topological polar surface area (TPSA) is 197 Å². The number of carbonyl (C=O) groups is 2. The van der Waals surface area contributed by atoms with Gasteiger partial charge in [-0.25, -0.2) is 4.79 Å². The summed E-state index contributed by atoms with van der Waals surface area (Å²) in [5.41, 5.74) is 4.19. The lowest BCUT2D eigenvalue weighted by molar-refractivity contribution is -0.138. The van der Waals surface area contributed by atoms with E-state index in [4.69, 9.17) is 20.7 Å². The number of carboxylic acid groups (broad SMARTS) is 1. The van der Waals surface area contributed by atoms with Gasteiger partial charge < -0.3 is 36.2 Å². The molecule has 138 valence electrons. The van der Waals surface area contributed by atoms with Crippen LogP contribution in [0.3, 0.4) is 0 Å². The van der Waals surface area contributed by atoms with E-state index in [2.05, 4.69) is 10.3 Å². The number of ether oxygens (including phenoxy) is 1. The molecule has 0 saturated carbocycles. The summed E-state index contributed by atoms with van der Waals surface area (Å²) < 4.78 is 6.11. The summed E-state index contributed by atoms with van der Waals surface area (Å²) in [4.78, 5) is 37.6. The average Bonchev–Trinajstić information content (AvgIpc) is 2.82. The number of hydrogen-bond donors (Lipinski definition) is 6. The number of carbonyl (C=O) groups excluding carboxylic acids is 1. The Bertz CT molecular complexity index is 708. The molecule has 0 aliphatic carbocycles. The Hall–Kier alpha value is -2.54. The lowest BCUT2D eigenvalue weighted by atomic mass is 10.1. The molecule has 1 aromatic rings. The van der Waals surface area contributed by atoms with Crippen molar-refractivity contribution in [3.8, 4) is 0 Å². The van der Waals surface area contributed by atoms with Crippen molar-refractivity contribution in [1.29, 1.82) is 0 Å². The summed E-state index contributed by atoms with van der Waals surface area (Å²) in [5, 5.41) is 39.8. The van der Waals surface area contributed by atoms with E-state index < -0.39 is 61.2 Å². The fourth-order valence-electron chi connectivity index (χ4n) is 2.37. The third-order valence-corrected chi connectivity index (χ3v) is 3.67. The molecule has 0 spiro atoms. The summed E-state index contributed by atoms with van der Waals surface area (Å²) in [6.45, 7) is -0.550. The number of aliphatic hydroxyl groups excluding tert-OH is 3. The van der Waals surface area contributed by atoms with Crippen molar-refractivity contribution in [2.75, 3.05) is 11.9 Å². The maximum atomic E-state index is 12.1. The van der Waals surface area contributed by atoms with Gasteiger partial charge in [-0.1, -0.05) is 0 Å². The fourth-order valence-corrected chi connectivity index (χ4v) is 2.37. The molecule has 0 bridgehead atoms. The Labute approximate surface area is 140 Å². The van der Waals surface area contributed by atoms with Gasteiger partial charge in [-0.2, -0.15) is 4.98 Å². The quantitative estimate of drug-likeness (QED) is 0.285. The van der Waals surface area contributed by atoms with Crippen molar-refractivity contribution in [2.45, 2.75) is 37.0 Å². The highest BCUT2D eigenvalue weighted by atomic mass is 16.6. The van der Waals surface area contributed by atoms with Gasteiger partial charge in [0.25, 0.3) is 0 Å². The maximum Gasteiger partial charge on any atom is 0.351 e. The molecule has 1 fully saturated rings. The molecule has 12 heteroatoms. The summed E-state index contributed by atoms with van der Waals surface area (Å²) in [6, 6.07) is -0.0253. The van der Waals surface area contributed by atoms with Crippen LogP contribution in [0.1, 0.15) is 12.6 Å². The van der Waals surface area contributed by atoms with Crippen LogP contribution in [-0.2, 0) is 14.3 Å². The van der Waals surface area contributed by atoms with Gasteiger partial charge in [-0.05, 0) is 6.07 Å². The van der Waals surface area contributed by atoms with Crippen molar-refractivity contribution in [1.82, 2.24) is 9.55 Å². The van der Waals surface area contributed by atoms with E-state index in [0.29, 0.717) is 0 Å². The lowest BCUT2D eigenvalue weighted by Gasteiger charge is -2.18. The molecule has 1 aliphatic rings. The summed E-state index contributed by atoms with van der Waals surface area (Å²) in [6.07, 6.45) is -4.58. The first-order chi connectivity index (χ1) is 11.7. The third-order valence-electron chi connectivity index (χ3n) is 3.67. The van der Waals surface area contributed by atoms with E-state index in [0.717, 1.165) is 4.57 Å². The number of rotatable bonds is 7. The van der Waals surface area contributed by atoms with Crippen LogP contribution in [0, 0.1) is 0 Å². The molecule has 5 atom stereocenters. The number of nitrogens with one attached hydrogen (secondary N) is 1. The zero-order chi connectivity index (χ0) is 18.7. The number of amides is 1. The molecule has 1 aliphatic heterocycles. The monoisotopic (exact) mass is 358 g/mol. The first-order valence-corrected chi connectivity index (χ1v) is 7.24. The molecule has 2 rings (SSSR count). The summed E-state index contributed by atoms with van der Waals surface area (Å²) in [5.74, 6) is -2.30. The van der Waals surface area contributed by atoms with Crippen LogP contribution >= 0.6 is 0 Å². The molecule has 1 saturated heterocycles. The van der Waals surface area contributed by atoms with Gasteiger partial charge in [-0.15, -0.1) is 0 Å². The van der Waals surface area contributed by atoms with Crippen molar-refractivity contribution in [2.24, 2.45) is 5.73 Å². The van der Waals surface area contributed by atoms with Crippen molar-refractivity contribution >= 4 is 17.7 Å². The number of carboxylic acids is 1. The molecule has 12 nitrogen and oxygen atoms in total. The van der Waals surface area contributed by atoms with Gasteiger partial charge in [0.05, 0.1) is 13.0 Å². The predicted molar refractivity (Wildman–Crippen MR) is 80.4 cm³/mol. The highest BCUT2D eigenvalue weighted by Gasteiger charge is 2.43. The van der Waals surface area contributed by atoms with E-state index in [1.165, 1.54) is 12.3 Å². The van der Waals surface area contributed by atoms with Crippen LogP contribution in [0.5, 0.6) is 0 Å². The number of nitrogens with zero attached hydrogens (tertiary/aromatic N) is 2. The van der Waals surface area contributed by atoms with Gasteiger partial charge in [0.2, 0.25) is 5.91 Å². The number of aliphatic hydroxyl groups is 3. The Morgan fingerprint density at radius 1 is 1.40 bits per heavy atom. The lowest BCUT2D eigenvalue weighted by Crippen LogP contribution is -2.39. The molecule has 0 radical (unpaired) electrons. The number of aromatic nitrogens is 2. The van der Waals surface area contributed by atoms with Crippen LogP contribution < -0.4 is 16.7 Å². The van der Waals surface area contributed by atoms with E-state index in [-0.39, 0.29) is 5.82 Å². The smallest absolute Gasteiger partial charge is 0.351 e. The normalized spacial score (nSPS) is 27.0. The third kappa shape index (κ3) is 4.11. The van der Waals surface area contributed by atoms with E-state index >= 15 is 0 Å². The second-order valence-corrected chi connectivity index (χ2v) is 5.43. The molecule has 0 aromatic carbocycles. The number of aliphatic carboxylic acids is 1. The minimum Gasteiger partial charge on any atom is -0.481 e. The van der Waals surface area contributed by atoms with Crippen molar-refractivity contribution < 1.29 is 34.8 Å². The maximum absolute atomic E-state index is 12.1. The first-order valence-electron chi connectivity index (χ1n) is 7.24. The second-order valence-electron chi connectivity index (χ2n) is 5.43. The fraction of sp³-hybridized carbons (Fsp3) is 0.538. The number of hydrogen-bond acceptors (Lipinski definition) is 9. The zero-order valence-electron chi connectivity index (χ0n) is 12.8. The first kappa shape index (κ1) is 18.8. The Morgan fingerprint density at radius 3 is 2.56 bits per heavy atom. The van der Waals surface area contributed by atoms with Crippen LogP contribution in [0.2, 0.25) is 0 Å². The Balaban J connectivity index is 2.19. The summed E-state index contributed by atoms with van der Waals surface area (Å²) >= 11 is 0. The van der Waals surface area contributed by atoms with Crippen LogP contribution in [0.4, 0.5) is 5.82 Å². The molecule has 1 aromatic heterocycles. The second kappa shape index (κ2) is 7.57.